The van der Waals surface area contributed by atoms with Crippen LogP contribution < -0.4 is 0 Å². The van der Waals surface area contributed by atoms with E-state index < -0.39 is 9.84 Å². The third kappa shape index (κ3) is 4.61. The van der Waals surface area contributed by atoms with Crippen molar-refractivity contribution in [1.29, 1.82) is 0 Å². The van der Waals surface area contributed by atoms with E-state index in [9.17, 15) is 17.6 Å². The van der Waals surface area contributed by atoms with Crippen molar-refractivity contribution in [3.8, 4) is 0 Å². The van der Waals surface area contributed by atoms with Gasteiger partial charge in [0, 0.05) is 18.0 Å². The molecule has 1 saturated heterocycles. The maximum Gasteiger partial charge on any atom is 0.162 e. The van der Waals surface area contributed by atoms with Gasteiger partial charge in [-0.1, -0.05) is 0 Å². The van der Waals surface area contributed by atoms with Gasteiger partial charge in [-0.25, -0.2) is 12.8 Å². The van der Waals surface area contributed by atoms with Crippen LogP contribution >= 0.6 is 0 Å². The van der Waals surface area contributed by atoms with E-state index >= 15 is 0 Å². The number of benzene rings is 1. The lowest BCUT2D eigenvalue weighted by Crippen LogP contribution is -2.33. The molecule has 116 valence electrons. The van der Waals surface area contributed by atoms with Crippen molar-refractivity contribution < 1.29 is 17.6 Å². The maximum atomic E-state index is 12.8. The van der Waals surface area contributed by atoms with Crippen molar-refractivity contribution in [2.45, 2.75) is 25.3 Å². The number of halogens is 1. The van der Waals surface area contributed by atoms with Gasteiger partial charge in [-0.05, 0) is 50.7 Å². The lowest BCUT2D eigenvalue weighted by molar-refractivity contribution is 0.0974. The highest BCUT2D eigenvalue weighted by Crippen LogP contribution is 2.17. The van der Waals surface area contributed by atoms with Crippen LogP contribution in [0.5, 0.6) is 0 Å². The summed E-state index contributed by atoms with van der Waals surface area (Å²) in [5, 5.41) is 0. The minimum absolute atomic E-state index is 0.0116. The first-order valence-corrected chi connectivity index (χ1v) is 8.89. The first kappa shape index (κ1) is 16.1. The molecule has 1 fully saturated rings. The lowest BCUT2D eigenvalue weighted by Gasteiger charge is -2.22. The number of hydrogen-bond donors (Lipinski definition) is 0. The van der Waals surface area contributed by atoms with Crippen molar-refractivity contribution >= 4 is 15.6 Å². The first-order chi connectivity index (χ1) is 9.87. The number of nitrogens with zero attached hydrogens (tertiary/aromatic N) is 1. The van der Waals surface area contributed by atoms with Gasteiger partial charge in [0.1, 0.15) is 5.82 Å². The zero-order valence-corrected chi connectivity index (χ0v) is 12.9. The van der Waals surface area contributed by atoms with Gasteiger partial charge in [-0.2, -0.15) is 0 Å². The van der Waals surface area contributed by atoms with Crippen LogP contribution in [0.25, 0.3) is 0 Å². The van der Waals surface area contributed by atoms with Gasteiger partial charge < -0.3 is 4.90 Å². The molecule has 6 heteroatoms. The number of rotatable bonds is 6. The molecule has 0 amide bonds. The molecule has 1 aliphatic heterocycles. The van der Waals surface area contributed by atoms with E-state index in [0.29, 0.717) is 31.4 Å². The van der Waals surface area contributed by atoms with Crippen LogP contribution in [0.15, 0.2) is 24.3 Å². The molecule has 1 aromatic rings. The summed E-state index contributed by atoms with van der Waals surface area (Å²) in [6.45, 7) is 0.688. The molecule has 0 saturated carbocycles. The largest absolute Gasteiger partial charge is 0.302 e. The molecule has 21 heavy (non-hydrogen) atoms. The molecule has 1 atom stereocenters. The predicted octanol–water partition coefficient (Wildman–Crippen LogP) is 1.91. The standard InChI is InChI=1S/C15H20FNO3S/c1-17(14-8-10-21(19,20)11-14)9-2-3-15(18)12-4-6-13(16)7-5-12/h4-7,14H,2-3,8-11H2,1H3. The second-order valence-corrected chi connectivity index (χ2v) is 7.80. The second kappa shape index (κ2) is 6.66. The Balaban J connectivity index is 1.76. The van der Waals surface area contributed by atoms with Crippen LogP contribution in [-0.4, -0.2) is 50.2 Å². The van der Waals surface area contributed by atoms with E-state index in [2.05, 4.69) is 0 Å². The Bertz CT molecular complexity index is 598. The van der Waals surface area contributed by atoms with Crippen molar-refractivity contribution in [3.05, 3.63) is 35.6 Å². The van der Waals surface area contributed by atoms with Gasteiger partial charge in [0.2, 0.25) is 0 Å². The molecule has 0 radical (unpaired) electrons. The van der Waals surface area contributed by atoms with Crippen LogP contribution in [0.2, 0.25) is 0 Å². The van der Waals surface area contributed by atoms with Gasteiger partial charge in [0.25, 0.3) is 0 Å². The lowest BCUT2D eigenvalue weighted by atomic mass is 10.1. The van der Waals surface area contributed by atoms with Gasteiger partial charge in [0.15, 0.2) is 15.6 Å². The number of hydrogen-bond acceptors (Lipinski definition) is 4. The molecule has 0 bridgehead atoms. The zero-order chi connectivity index (χ0) is 15.5. The van der Waals surface area contributed by atoms with E-state index in [4.69, 9.17) is 0 Å². The highest BCUT2D eigenvalue weighted by atomic mass is 32.2. The molecule has 1 aliphatic rings. The van der Waals surface area contributed by atoms with Crippen molar-refractivity contribution in [3.63, 3.8) is 0 Å². The van der Waals surface area contributed by atoms with Crippen LogP contribution in [0, 0.1) is 5.82 Å². The molecule has 0 spiro atoms. The summed E-state index contributed by atoms with van der Waals surface area (Å²) in [6.07, 6.45) is 1.73. The fraction of sp³-hybridized carbons (Fsp3) is 0.533. The van der Waals surface area contributed by atoms with Gasteiger partial charge in [-0.15, -0.1) is 0 Å². The van der Waals surface area contributed by atoms with E-state index in [1.54, 1.807) is 0 Å². The molecule has 1 heterocycles. The fourth-order valence-corrected chi connectivity index (χ4v) is 4.38. The number of carbonyl (C=O) groups excluding carboxylic acids is 1. The molecule has 2 rings (SSSR count). The Labute approximate surface area is 124 Å². The van der Waals surface area contributed by atoms with Crippen LogP contribution in [0.4, 0.5) is 4.39 Å². The topological polar surface area (TPSA) is 54.5 Å². The average Bonchev–Trinajstić information content (AvgIpc) is 2.79. The Kier molecular flexibility index (Phi) is 5.11. The summed E-state index contributed by atoms with van der Waals surface area (Å²) in [7, 11) is -0.976. The molecule has 0 aliphatic carbocycles. The third-order valence-electron chi connectivity index (χ3n) is 3.91. The third-order valence-corrected chi connectivity index (χ3v) is 5.66. The van der Waals surface area contributed by atoms with Gasteiger partial charge in [0.05, 0.1) is 11.5 Å². The van der Waals surface area contributed by atoms with Crippen molar-refractivity contribution in [1.82, 2.24) is 4.90 Å². The monoisotopic (exact) mass is 313 g/mol. The van der Waals surface area contributed by atoms with E-state index in [1.807, 2.05) is 11.9 Å². The Morgan fingerprint density at radius 2 is 2.00 bits per heavy atom. The summed E-state index contributed by atoms with van der Waals surface area (Å²) >= 11 is 0. The predicted molar refractivity (Wildman–Crippen MR) is 79.7 cm³/mol. The summed E-state index contributed by atoms with van der Waals surface area (Å²) < 4.78 is 35.6. The van der Waals surface area contributed by atoms with E-state index in [1.165, 1.54) is 24.3 Å². The zero-order valence-electron chi connectivity index (χ0n) is 12.1. The van der Waals surface area contributed by atoms with Crippen molar-refractivity contribution in [2.75, 3.05) is 25.1 Å². The minimum atomic E-state index is -2.87. The number of Topliss-reactive ketones (excluding diaryl/α,β-unsaturated/α-hetero) is 1. The maximum absolute atomic E-state index is 12.8. The first-order valence-electron chi connectivity index (χ1n) is 7.07. The summed E-state index contributed by atoms with van der Waals surface area (Å²) in [5.41, 5.74) is 0.516. The normalized spacial score (nSPS) is 20.8. The Morgan fingerprint density at radius 3 is 2.57 bits per heavy atom. The van der Waals surface area contributed by atoms with Gasteiger partial charge in [-0.3, -0.25) is 4.79 Å². The highest BCUT2D eigenvalue weighted by Gasteiger charge is 2.30. The fourth-order valence-electron chi connectivity index (χ4n) is 2.57. The SMILES string of the molecule is CN(CCCC(=O)c1ccc(F)cc1)C1CCS(=O)(=O)C1. The number of carbonyl (C=O) groups is 1. The van der Waals surface area contributed by atoms with E-state index in [0.717, 1.165) is 0 Å². The molecular formula is C15H20FNO3S. The van der Waals surface area contributed by atoms with E-state index in [-0.39, 0.29) is 29.1 Å². The molecular weight excluding hydrogens is 293 g/mol. The van der Waals surface area contributed by atoms with Crippen LogP contribution in [-0.2, 0) is 9.84 Å². The average molecular weight is 313 g/mol. The highest BCUT2D eigenvalue weighted by molar-refractivity contribution is 7.91. The quantitative estimate of drug-likeness (QED) is 0.753. The molecule has 0 aromatic heterocycles. The molecule has 0 N–H and O–H groups in total. The van der Waals surface area contributed by atoms with Gasteiger partial charge >= 0.3 is 0 Å². The smallest absolute Gasteiger partial charge is 0.162 e. The summed E-state index contributed by atoms with van der Waals surface area (Å²) in [5.74, 6) is 0.113. The summed E-state index contributed by atoms with van der Waals surface area (Å²) in [4.78, 5) is 13.9. The summed E-state index contributed by atoms with van der Waals surface area (Å²) in [6, 6.07) is 5.61. The van der Waals surface area contributed by atoms with Crippen molar-refractivity contribution in [2.24, 2.45) is 0 Å². The number of ketones is 1. The number of sulfone groups is 1. The van der Waals surface area contributed by atoms with Crippen LogP contribution in [0.1, 0.15) is 29.6 Å². The molecule has 4 nitrogen and oxygen atoms in total. The Morgan fingerprint density at radius 1 is 1.33 bits per heavy atom. The minimum Gasteiger partial charge on any atom is -0.302 e. The Hall–Kier alpha value is -1.27. The molecule has 1 unspecified atom stereocenters. The van der Waals surface area contributed by atoms with Crippen LogP contribution in [0.3, 0.4) is 0 Å². The second-order valence-electron chi connectivity index (χ2n) is 5.57. The molecule has 1 aromatic carbocycles.